The second-order valence-electron chi connectivity index (χ2n) is 8.13. The molecule has 4 saturated carbocycles. The van der Waals surface area contributed by atoms with E-state index in [1.807, 2.05) is 0 Å². The summed E-state index contributed by atoms with van der Waals surface area (Å²) in [5.74, 6) is 6.17. The van der Waals surface area contributed by atoms with Crippen molar-refractivity contribution >= 4 is 0 Å². The standard InChI is InChI=1S/C18H31N/c19-18-11-17-13-6-2-1-5-12(13)9-10-15(17)14-7-3-4-8-16(14)18/h12-18H,1-11,19H2/t12-,13?,14?,15?,16?,17?,18?/m1/s1. The summed E-state index contributed by atoms with van der Waals surface area (Å²) in [6, 6.07) is 0.548. The van der Waals surface area contributed by atoms with Crippen molar-refractivity contribution in [2.24, 2.45) is 41.2 Å². The second kappa shape index (κ2) is 5.06. The average molecular weight is 261 g/mol. The van der Waals surface area contributed by atoms with Crippen molar-refractivity contribution < 1.29 is 0 Å². The van der Waals surface area contributed by atoms with E-state index in [0.29, 0.717) is 6.04 Å². The van der Waals surface area contributed by atoms with Gasteiger partial charge in [-0.15, -0.1) is 0 Å². The zero-order valence-electron chi connectivity index (χ0n) is 12.4. The number of fused-ring (bicyclic) bond motifs is 5. The maximum absolute atomic E-state index is 6.62. The van der Waals surface area contributed by atoms with E-state index in [1.54, 1.807) is 12.8 Å². The Kier molecular flexibility index (Phi) is 3.38. The molecule has 0 amide bonds. The Morgan fingerprint density at radius 3 is 2.00 bits per heavy atom. The van der Waals surface area contributed by atoms with E-state index in [9.17, 15) is 0 Å². The Hall–Kier alpha value is -0.0400. The Morgan fingerprint density at radius 1 is 0.526 bits per heavy atom. The van der Waals surface area contributed by atoms with Crippen molar-refractivity contribution in [2.75, 3.05) is 0 Å². The molecule has 0 radical (unpaired) electrons. The van der Waals surface area contributed by atoms with E-state index < -0.39 is 0 Å². The van der Waals surface area contributed by atoms with Crippen molar-refractivity contribution in [3.05, 3.63) is 0 Å². The molecule has 7 atom stereocenters. The SMILES string of the molecule is NC1CC2C(CC[C@H]3CCCCC23)C2CCCCC12. The molecule has 2 N–H and O–H groups in total. The van der Waals surface area contributed by atoms with Gasteiger partial charge >= 0.3 is 0 Å². The zero-order valence-corrected chi connectivity index (χ0v) is 12.4. The molecule has 0 heterocycles. The molecule has 0 aromatic heterocycles. The summed E-state index contributed by atoms with van der Waals surface area (Å²) in [7, 11) is 0. The van der Waals surface area contributed by atoms with Crippen LogP contribution >= 0.6 is 0 Å². The van der Waals surface area contributed by atoms with Gasteiger partial charge in [0.2, 0.25) is 0 Å². The molecule has 0 spiro atoms. The van der Waals surface area contributed by atoms with Crippen LogP contribution in [0.5, 0.6) is 0 Å². The fourth-order valence-corrected chi connectivity index (χ4v) is 6.72. The fraction of sp³-hybridized carbons (Fsp3) is 1.00. The molecule has 0 aromatic carbocycles. The third-order valence-corrected chi connectivity index (χ3v) is 7.46. The molecule has 4 aliphatic carbocycles. The summed E-state index contributed by atoms with van der Waals surface area (Å²) in [4.78, 5) is 0. The highest BCUT2D eigenvalue weighted by Crippen LogP contribution is 2.56. The van der Waals surface area contributed by atoms with E-state index in [-0.39, 0.29) is 0 Å². The van der Waals surface area contributed by atoms with Crippen LogP contribution in [0, 0.1) is 35.5 Å². The van der Waals surface area contributed by atoms with Gasteiger partial charge in [-0.05, 0) is 74.0 Å². The molecular formula is C18H31N. The molecule has 108 valence electrons. The van der Waals surface area contributed by atoms with Crippen molar-refractivity contribution in [1.29, 1.82) is 0 Å². The minimum absolute atomic E-state index is 0.548. The van der Waals surface area contributed by atoms with Gasteiger partial charge in [-0.1, -0.05) is 32.1 Å². The van der Waals surface area contributed by atoms with Gasteiger partial charge in [-0.25, -0.2) is 0 Å². The number of rotatable bonds is 0. The summed E-state index contributed by atoms with van der Waals surface area (Å²) < 4.78 is 0. The molecule has 0 aromatic rings. The topological polar surface area (TPSA) is 26.0 Å². The molecular weight excluding hydrogens is 230 g/mol. The van der Waals surface area contributed by atoms with Crippen molar-refractivity contribution in [1.82, 2.24) is 0 Å². The normalized spacial score (nSPS) is 53.8. The van der Waals surface area contributed by atoms with Gasteiger partial charge in [-0.2, -0.15) is 0 Å². The molecule has 0 saturated heterocycles. The van der Waals surface area contributed by atoms with E-state index in [4.69, 9.17) is 5.73 Å². The van der Waals surface area contributed by atoms with Gasteiger partial charge in [0.15, 0.2) is 0 Å². The molecule has 1 heteroatoms. The summed E-state index contributed by atoms with van der Waals surface area (Å²) in [5, 5.41) is 0. The van der Waals surface area contributed by atoms with Crippen molar-refractivity contribution in [3.63, 3.8) is 0 Å². The Bertz CT molecular complexity index is 326. The predicted molar refractivity (Wildman–Crippen MR) is 79.7 cm³/mol. The van der Waals surface area contributed by atoms with Gasteiger partial charge in [0.1, 0.15) is 0 Å². The van der Waals surface area contributed by atoms with Crippen LogP contribution in [-0.2, 0) is 0 Å². The maximum atomic E-state index is 6.62. The lowest BCUT2D eigenvalue weighted by molar-refractivity contribution is -0.0498. The summed E-state index contributed by atoms with van der Waals surface area (Å²) in [6.45, 7) is 0. The number of hydrogen-bond acceptors (Lipinski definition) is 1. The number of hydrogen-bond donors (Lipinski definition) is 1. The summed E-state index contributed by atoms with van der Waals surface area (Å²) >= 11 is 0. The quantitative estimate of drug-likeness (QED) is 0.689. The van der Waals surface area contributed by atoms with Crippen LogP contribution < -0.4 is 5.73 Å². The van der Waals surface area contributed by atoms with E-state index >= 15 is 0 Å². The van der Waals surface area contributed by atoms with Gasteiger partial charge in [0.05, 0.1) is 0 Å². The highest BCUT2D eigenvalue weighted by molar-refractivity contribution is 5.01. The highest BCUT2D eigenvalue weighted by Gasteiger charge is 2.50. The van der Waals surface area contributed by atoms with Crippen LogP contribution in [0.1, 0.15) is 70.6 Å². The Labute approximate surface area is 118 Å². The first-order valence-corrected chi connectivity index (χ1v) is 9.10. The fourth-order valence-electron chi connectivity index (χ4n) is 6.72. The highest BCUT2D eigenvalue weighted by atomic mass is 14.7. The van der Waals surface area contributed by atoms with Crippen molar-refractivity contribution in [3.8, 4) is 0 Å². The van der Waals surface area contributed by atoms with Gasteiger partial charge in [0.25, 0.3) is 0 Å². The van der Waals surface area contributed by atoms with Crippen molar-refractivity contribution in [2.45, 2.75) is 76.7 Å². The third-order valence-electron chi connectivity index (χ3n) is 7.46. The molecule has 0 aliphatic heterocycles. The van der Waals surface area contributed by atoms with Crippen LogP contribution in [0.25, 0.3) is 0 Å². The monoisotopic (exact) mass is 261 g/mol. The molecule has 4 aliphatic rings. The summed E-state index contributed by atoms with van der Waals surface area (Å²) in [5.41, 5.74) is 6.62. The van der Waals surface area contributed by atoms with Gasteiger partial charge in [0, 0.05) is 6.04 Å². The predicted octanol–water partition coefficient (Wildman–Crippen LogP) is 4.36. The lowest BCUT2D eigenvalue weighted by Gasteiger charge is -2.56. The van der Waals surface area contributed by atoms with Crippen LogP contribution in [0.3, 0.4) is 0 Å². The van der Waals surface area contributed by atoms with Gasteiger partial charge < -0.3 is 5.73 Å². The van der Waals surface area contributed by atoms with E-state index in [0.717, 1.165) is 35.5 Å². The molecule has 1 nitrogen and oxygen atoms in total. The number of nitrogens with two attached hydrogens (primary N) is 1. The first-order valence-electron chi connectivity index (χ1n) is 9.10. The third kappa shape index (κ3) is 2.07. The van der Waals surface area contributed by atoms with E-state index in [2.05, 4.69) is 0 Å². The largest absolute Gasteiger partial charge is 0.327 e. The smallest absolute Gasteiger partial charge is 0.00727 e. The van der Waals surface area contributed by atoms with Crippen LogP contribution in [-0.4, -0.2) is 6.04 Å². The minimum Gasteiger partial charge on any atom is -0.327 e. The lowest BCUT2D eigenvalue weighted by Crippen LogP contribution is -2.53. The van der Waals surface area contributed by atoms with Crippen LogP contribution in [0.2, 0.25) is 0 Å². The molecule has 0 bridgehead atoms. The first-order chi connectivity index (χ1) is 9.34. The molecule has 19 heavy (non-hydrogen) atoms. The van der Waals surface area contributed by atoms with Crippen LogP contribution in [0.4, 0.5) is 0 Å². The second-order valence-corrected chi connectivity index (χ2v) is 8.13. The van der Waals surface area contributed by atoms with E-state index in [1.165, 1.54) is 57.8 Å². The minimum atomic E-state index is 0.548. The van der Waals surface area contributed by atoms with Gasteiger partial charge in [-0.3, -0.25) is 0 Å². The first kappa shape index (κ1) is 12.7. The molecule has 6 unspecified atom stereocenters. The van der Waals surface area contributed by atoms with Crippen LogP contribution in [0.15, 0.2) is 0 Å². The molecule has 4 rings (SSSR count). The molecule has 4 fully saturated rings. The Balaban J connectivity index is 1.57. The maximum Gasteiger partial charge on any atom is 0.00727 e. The lowest BCUT2D eigenvalue weighted by atomic mass is 9.50. The summed E-state index contributed by atoms with van der Waals surface area (Å²) in [6.07, 6.45) is 16.5. The zero-order chi connectivity index (χ0) is 12.8. The Morgan fingerprint density at radius 2 is 1.16 bits per heavy atom. The average Bonchev–Trinajstić information content (AvgIpc) is 2.47.